The lowest BCUT2D eigenvalue weighted by atomic mass is 9.95. The van der Waals surface area contributed by atoms with E-state index in [4.69, 9.17) is 4.74 Å². The van der Waals surface area contributed by atoms with Crippen LogP contribution in [-0.2, 0) is 9.59 Å². The molecule has 1 aromatic heterocycles. The molecule has 4 rings (SSSR count). The molecule has 1 saturated heterocycles. The van der Waals surface area contributed by atoms with Gasteiger partial charge in [0.05, 0.1) is 5.57 Å². The maximum absolute atomic E-state index is 14.7. The fourth-order valence-corrected chi connectivity index (χ4v) is 4.04. The number of rotatable bonds is 6. The molecule has 1 fully saturated rings. The number of aliphatic hydroxyl groups excluding tert-OH is 1. The van der Waals surface area contributed by atoms with E-state index in [1.54, 1.807) is 41.8 Å². The molecule has 0 radical (unpaired) electrons. The Morgan fingerprint density at radius 1 is 1.23 bits per heavy atom. The maximum Gasteiger partial charge on any atom is 0.301 e. The number of thiazole rings is 1. The zero-order valence-corrected chi connectivity index (χ0v) is 17.0. The van der Waals surface area contributed by atoms with E-state index in [9.17, 15) is 19.1 Å². The lowest BCUT2D eigenvalue weighted by Gasteiger charge is -2.23. The number of amides is 1. The van der Waals surface area contributed by atoms with Gasteiger partial charge in [0, 0.05) is 22.7 Å². The first-order valence-electron chi connectivity index (χ1n) is 9.32. The summed E-state index contributed by atoms with van der Waals surface area (Å²) in [5.74, 6) is -2.25. The van der Waals surface area contributed by atoms with Gasteiger partial charge in [0.15, 0.2) is 5.13 Å². The number of hydrogen-bond donors (Lipinski definition) is 1. The lowest BCUT2D eigenvalue weighted by molar-refractivity contribution is -0.132. The topological polar surface area (TPSA) is 79.7 Å². The third-order valence-electron chi connectivity index (χ3n) is 4.77. The standard InChI is InChI=1S/C23H17FN2O4S/c1-2-12-30-15-9-7-14(8-10-15)20(27)18-19(16-5-3-4-6-17(16)24)26(22(29)21(18)28)23-25-11-13-31-23/h2-11,13,19,27H,1,12H2. The second-order valence-corrected chi connectivity index (χ2v) is 7.50. The third kappa shape index (κ3) is 3.73. The Hall–Kier alpha value is -3.78. The molecule has 1 aliphatic rings. The van der Waals surface area contributed by atoms with Gasteiger partial charge in [-0.2, -0.15) is 0 Å². The van der Waals surface area contributed by atoms with E-state index in [1.807, 2.05) is 0 Å². The molecule has 0 bridgehead atoms. The fourth-order valence-electron chi connectivity index (χ4n) is 3.38. The number of carbonyl (C=O) groups excluding carboxylic acids is 2. The Labute approximate surface area is 181 Å². The monoisotopic (exact) mass is 436 g/mol. The number of halogens is 1. The molecule has 2 heterocycles. The first-order valence-corrected chi connectivity index (χ1v) is 10.2. The highest BCUT2D eigenvalue weighted by Gasteiger charge is 2.48. The van der Waals surface area contributed by atoms with Crippen LogP contribution in [0.15, 0.2) is 78.3 Å². The molecule has 1 unspecified atom stereocenters. The lowest BCUT2D eigenvalue weighted by Crippen LogP contribution is -2.29. The molecule has 3 aromatic rings. The fraction of sp³-hybridized carbons (Fsp3) is 0.0870. The van der Waals surface area contributed by atoms with E-state index >= 15 is 0 Å². The smallest absolute Gasteiger partial charge is 0.301 e. The number of nitrogens with zero attached hydrogens (tertiary/aromatic N) is 2. The first-order chi connectivity index (χ1) is 15.0. The molecular weight excluding hydrogens is 419 g/mol. The summed E-state index contributed by atoms with van der Waals surface area (Å²) in [6.07, 6.45) is 3.09. The zero-order chi connectivity index (χ0) is 22.0. The van der Waals surface area contributed by atoms with Gasteiger partial charge in [-0.15, -0.1) is 11.3 Å². The Morgan fingerprint density at radius 2 is 1.97 bits per heavy atom. The van der Waals surface area contributed by atoms with E-state index in [0.29, 0.717) is 17.9 Å². The van der Waals surface area contributed by atoms with E-state index in [-0.39, 0.29) is 16.3 Å². The number of benzene rings is 2. The van der Waals surface area contributed by atoms with Crippen LogP contribution in [0.1, 0.15) is 17.2 Å². The number of aromatic nitrogens is 1. The molecule has 1 amide bonds. The van der Waals surface area contributed by atoms with E-state index < -0.39 is 29.3 Å². The highest BCUT2D eigenvalue weighted by Crippen LogP contribution is 2.43. The van der Waals surface area contributed by atoms with Crippen LogP contribution in [0.2, 0.25) is 0 Å². The summed E-state index contributed by atoms with van der Waals surface area (Å²) in [7, 11) is 0. The zero-order valence-electron chi connectivity index (χ0n) is 16.2. The third-order valence-corrected chi connectivity index (χ3v) is 5.54. The highest BCUT2D eigenvalue weighted by atomic mass is 32.1. The van der Waals surface area contributed by atoms with Crippen molar-refractivity contribution in [1.82, 2.24) is 4.98 Å². The van der Waals surface area contributed by atoms with Crippen molar-refractivity contribution in [3.63, 3.8) is 0 Å². The van der Waals surface area contributed by atoms with E-state index in [0.717, 1.165) is 16.2 Å². The van der Waals surface area contributed by atoms with Gasteiger partial charge in [-0.05, 0) is 30.3 Å². The largest absolute Gasteiger partial charge is 0.507 e. The van der Waals surface area contributed by atoms with Crippen molar-refractivity contribution in [2.24, 2.45) is 0 Å². The van der Waals surface area contributed by atoms with Gasteiger partial charge in [0.1, 0.15) is 30.0 Å². The summed E-state index contributed by atoms with van der Waals surface area (Å²) < 4.78 is 20.2. The quantitative estimate of drug-likeness (QED) is 0.267. The van der Waals surface area contributed by atoms with Crippen LogP contribution < -0.4 is 9.64 Å². The van der Waals surface area contributed by atoms with Gasteiger partial charge < -0.3 is 9.84 Å². The van der Waals surface area contributed by atoms with Crippen molar-refractivity contribution >= 4 is 33.9 Å². The predicted octanol–water partition coefficient (Wildman–Crippen LogP) is 4.47. The molecule has 1 N–H and O–H groups in total. The average molecular weight is 436 g/mol. The molecule has 6 nitrogen and oxygen atoms in total. The summed E-state index contributed by atoms with van der Waals surface area (Å²) in [4.78, 5) is 31.0. The second-order valence-electron chi connectivity index (χ2n) is 6.63. The number of ketones is 1. The molecule has 0 spiro atoms. The van der Waals surface area contributed by atoms with Crippen molar-refractivity contribution in [1.29, 1.82) is 0 Å². The van der Waals surface area contributed by atoms with Crippen molar-refractivity contribution in [2.75, 3.05) is 11.5 Å². The minimum atomic E-state index is -1.15. The summed E-state index contributed by atoms with van der Waals surface area (Å²) in [5, 5.41) is 12.9. The molecule has 156 valence electrons. The molecule has 0 saturated carbocycles. The van der Waals surface area contributed by atoms with Crippen LogP contribution in [0.5, 0.6) is 5.75 Å². The molecule has 31 heavy (non-hydrogen) atoms. The van der Waals surface area contributed by atoms with Crippen LogP contribution in [0.4, 0.5) is 9.52 Å². The SMILES string of the molecule is C=CCOc1ccc(C(O)=C2C(=O)C(=O)N(c3nccs3)C2c2ccccc2F)cc1. The summed E-state index contributed by atoms with van der Waals surface area (Å²) in [6, 6.07) is 11.0. The molecule has 1 aliphatic heterocycles. The van der Waals surface area contributed by atoms with Crippen molar-refractivity contribution < 1.29 is 23.8 Å². The molecule has 2 aromatic carbocycles. The Bertz CT molecular complexity index is 1170. The molecule has 0 aliphatic carbocycles. The van der Waals surface area contributed by atoms with Gasteiger partial charge in [-0.25, -0.2) is 9.37 Å². The number of hydrogen-bond acceptors (Lipinski definition) is 6. The Balaban J connectivity index is 1.85. The number of anilines is 1. The molecule has 8 heteroatoms. The van der Waals surface area contributed by atoms with Crippen LogP contribution in [-0.4, -0.2) is 28.4 Å². The van der Waals surface area contributed by atoms with E-state index in [1.165, 1.54) is 24.4 Å². The van der Waals surface area contributed by atoms with Crippen molar-refractivity contribution in [3.8, 4) is 5.75 Å². The van der Waals surface area contributed by atoms with E-state index in [2.05, 4.69) is 11.6 Å². The maximum atomic E-state index is 14.7. The van der Waals surface area contributed by atoms with Gasteiger partial charge in [-0.1, -0.05) is 30.9 Å². The molecule has 1 atom stereocenters. The van der Waals surface area contributed by atoms with Crippen LogP contribution in [0, 0.1) is 5.82 Å². The van der Waals surface area contributed by atoms with Gasteiger partial charge in [-0.3, -0.25) is 14.5 Å². The van der Waals surface area contributed by atoms with Crippen LogP contribution >= 0.6 is 11.3 Å². The minimum Gasteiger partial charge on any atom is -0.507 e. The number of aliphatic hydroxyl groups is 1. The highest BCUT2D eigenvalue weighted by molar-refractivity contribution is 7.14. The summed E-state index contributed by atoms with van der Waals surface area (Å²) in [6.45, 7) is 3.90. The number of ether oxygens (including phenoxy) is 1. The Morgan fingerprint density at radius 3 is 2.61 bits per heavy atom. The van der Waals surface area contributed by atoms with Crippen molar-refractivity contribution in [3.05, 3.63) is 95.3 Å². The minimum absolute atomic E-state index is 0.0874. The van der Waals surface area contributed by atoms with Gasteiger partial charge in [0.2, 0.25) is 0 Å². The number of Topliss-reactive ketones (excluding diaryl/α,β-unsaturated/α-hetero) is 1. The van der Waals surface area contributed by atoms with Crippen molar-refractivity contribution in [2.45, 2.75) is 6.04 Å². The predicted molar refractivity (Wildman–Crippen MR) is 115 cm³/mol. The van der Waals surface area contributed by atoms with Gasteiger partial charge >= 0.3 is 5.91 Å². The van der Waals surface area contributed by atoms with Crippen LogP contribution in [0.3, 0.4) is 0 Å². The Kier molecular flexibility index (Phi) is 5.64. The summed E-state index contributed by atoms with van der Waals surface area (Å²) >= 11 is 1.14. The first kappa shape index (κ1) is 20.5. The average Bonchev–Trinajstić information content (AvgIpc) is 3.39. The normalized spacial score (nSPS) is 17.7. The second kappa shape index (κ2) is 8.53. The van der Waals surface area contributed by atoms with Crippen LogP contribution in [0.25, 0.3) is 5.76 Å². The van der Waals surface area contributed by atoms with Gasteiger partial charge in [0.25, 0.3) is 5.78 Å². The number of carbonyl (C=O) groups is 2. The summed E-state index contributed by atoms with van der Waals surface area (Å²) in [5.41, 5.74) is 0.180. The molecular formula is C23H17FN2O4S.